The van der Waals surface area contributed by atoms with Crippen LogP contribution in [0.1, 0.15) is 56.7 Å². The average molecular weight is 313 g/mol. The van der Waals surface area contributed by atoms with Crippen molar-refractivity contribution in [3.8, 4) is 0 Å². The topological polar surface area (TPSA) is 85.1 Å². The van der Waals surface area contributed by atoms with Crippen molar-refractivity contribution in [1.29, 1.82) is 0 Å². The Morgan fingerprint density at radius 3 is 2.95 bits per heavy atom. The highest BCUT2D eigenvalue weighted by molar-refractivity contribution is 7.91. The molecule has 3 heterocycles. The Morgan fingerprint density at radius 2 is 2.33 bits per heavy atom. The molecule has 0 spiro atoms. The van der Waals surface area contributed by atoms with Gasteiger partial charge in [0.05, 0.1) is 16.9 Å². The second-order valence-corrected chi connectivity index (χ2v) is 8.60. The van der Waals surface area contributed by atoms with E-state index in [1.54, 1.807) is 0 Å². The van der Waals surface area contributed by atoms with E-state index in [0.717, 1.165) is 38.8 Å². The van der Waals surface area contributed by atoms with Crippen LogP contribution in [0.2, 0.25) is 0 Å². The first-order chi connectivity index (χ1) is 10.0. The second kappa shape index (κ2) is 5.68. The zero-order valence-electron chi connectivity index (χ0n) is 12.5. The number of rotatable bonds is 4. The lowest BCUT2D eigenvalue weighted by molar-refractivity contribution is 0.213. The maximum Gasteiger partial charge on any atom is 0.234 e. The maximum absolute atomic E-state index is 11.6. The highest BCUT2D eigenvalue weighted by atomic mass is 32.2. The van der Waals surface area contributed by atoms with Crippen molar-refractivity contribution in [2.75, 3.05) is 24.6 Å². The molecule has 2 aliphatic heterocycles. The van der Waals surface area contributed by atoms with Gasteiger partial charge in [0.15, 0.2) is 15.7 Å². The summed E-state index contributed by atoms with van der Waals surface area (Å²) in [6.45, 7) is 4.07. The summed E-state index contributed by atoms with van der Waals surface area (Å²) in [5.41, 5.74) is -0.0737. The molecule has 21 heavy (non-hydrogen) atoms. The first kappa shape index (κ1) is 15.0. The number of piperidine rings is 1. The minimum Gasteiger partial charge on any atom is -0.339 e. The summed E-state index contributed by atoms with van der Waals surface area (Å²) in [6.07, 6.45) is 4.86. The molecular weight excluding hydrogens is 290 g/mol. The molecule has 0 radical (unpaired) electrons. The quantitative estimate of drug-likeness (QED) is 0.904. The number of hydrogen-bond acceptors (Lipinski definition) is 6. The molecule has 2 aliphatic rings. The van der Waals surface area contributed by atoms with E-state index in [2.05, 4.69) is 22.4 Å². The maximum atomic E-state index is 11.6. The molecule has 1 N–H and O–H groups in total. The van der Waals surface area contributed by atoms with Gasteiger partial charge in [-0.15, -0.1) is 0 Å². The third-order valence-corrected chi connectivity index (χ3v) is 6.46. The molecule has 2 unspecified atom stereocenters. The summed E-state index contributed by atoms with van der Waals surface area (Å²) in [5, 5.41) is 7.52. The zero-order chi connectivity index (χ0) is 14.9. The third kappa shape index (κ3) is 2.99. The second-order valence-electron chi connectivity index (χ2n) is 6.37. The molecule has 2 saturated heterocycles. The fourth-order valence-electron chi connectivity index (χ4n) is 3.56. The van der Waals surface area contributed by atoms with E-state index in [1.165, 1.54) is 0 Å². The van der Waals surface area contributed by atoms with Crippen LogP contribution in [0.15, 0.2) is 4.52 Å². The van der Waals surface area contributed by atoms with E-state index in [0.29, 0.717) is 18.1 Å². The van der Waals surface area contributed by atoms with Crippen molar-refractivity contribution in [3.05, 3.63) is 11.7 Å². The number of sulfone groups is 1. The van der Waals surface area contributed by atoms with Crippen LogP contribution in [-0.2, 0) is 15.3 Å². The van der Waals surface area contributed by atoms with Gasteiger partial charge < -0.3 is 9.84 Å². The van der Waals surface area contributed by atoms with Gasteiger partial charge in [-0.2, -0.15) is 4.98 Å². The Kier molecular flexibility index (Phi) is 4.05. The van der Waals surface area contributed by atoms with E-state index >= 15 is 0 Å². The molecule has 118 valence electrons. The first-order valence-corrected chi connectivity index (χ1v) is 9.62. The molecule has 6 nitrogen and oxygen atoms in total. The first-order valence-electron chi connectivity index (χ1n) is 7.80. The van der Waals surface area contributed by atoms with Crippen molar-refractivity contribution in [1.82, 2.24) is 15.5 Å². The van der Waals surface area contributed by atoms with E-state index < -0.39 is 9.84 Å². The minimum absolute atomic E-state index is 0.0737. The van der Waals surface area contributed by atoms with Crippen LogP contribution >= 0.6 is 0 Å². The lowest BCUT2D eigenvalue weighted by Gasteiger charge is -2.34. The van der Waals surface area contributed by atoms with Crippen LogP contribution in [-0.4, -0.2) is 43.2 Å². The molecule has 0 saturated carbocycles. The molecule has 2 fully saturated rings. The number of aromatic nitrogens is 2. The van der Waals surface area contributed by atoms with Gasteiger partial charge in [-0.05, 0) is 32.2 Å². The summed E-state index contributed by atoms with van der Waals surface area (Å²) in [6, 6.07) is 0. The molecule has 1 aromatic rings. The average Bonchev–Trinajstić information content (AvgIpc) is 3.07. The van der Waals surface area contributed by atoms with Gasteiger partial charge in [0.1, 0.15) is 0 Å². The SMILES string of the molecule is CCCC1(c2nc(C3CCS(=O)(=O)C3)no2)CCCNC1. The molecule has 3 rings (SSSR count). The highest BCUT2D eigenvalue weighted by Crippen LogP contribution is 2.36. The van der Waals surface area contributed by atoms with Gasteiger partial charge in [0, 0.05) is 12.5 Å². The zero-order valence-corrected chi connectivity index (χ0v) is 13.3. The molecule has 0 aliphatic carbocycles. The van der Waals surface area contributed by atoms with Crippen molar-refractivity contribution >= 4 is 9.84 Å². The van der Waals surface area contributed by atoms with Crippen LogP contribution in [0.3, 0.4) is 0 Å². The summed E-state index contributed by atoms with van der Waals surface area (Å²) in [5.74, 6) is 1.57. The van der Waals surface area contributed by atoms with E-state index in [-0.39, 0.29) is 22.8 Å². The van der Waals surface area contributed by atoms with Crippen LogP contribution < -0.4 is 5.32 Å². The van der Waals surface area contributed by atoms with E-state index in [9.17, 15) is 8.42 Å². The number of nitrogens with zero attached hydrogens (tertiary/aromatic N) is 2. The van der Waals surface area contributed by atoms with Gasteiger partial charge in [-0.1, -0.05) is 18.5 Å². The monoisotopic (exact) mass is 313 g/mol. The minimum atomic E-state index is -2.92. The molecule has 0 bridgehead atoms. The fourth-order valence-corrected chi connectivity index (χ4v) is 5.30. The number of hydrogen-bond donors (Lipinski definition) is 1. The number of nitrogens with one attached hydrogen (secondary N) is 1. The molecule has 1 aromatic heterocycles. The predicted molar refractivity (Wildman–Crippen MR) is 79.0 cm³/mol. The van der Waals surface area contributed by atoms with Crippen LogP contribution in [0.5, 0.6) is 0 Å². The summed E-state index contributed by atoms with van der Waals surface area (Å²) in [4.78, 5) is 4.59. The Hall–Kier alpha value is -0.950. The smallest absolute Gasteiger partial charge is 0.234 e. The van der Waals surface area contributed by atoms with Gasteiger partial charge in [-0.3, -0.25) is 0 Å². The Morgan fingerprint density at radius 1 is 1.48 bits per heavy atom. The Bertz CT molecular complexity index is 585. The molecule has 0 amide bonds. The van der Waals surface area contributed by atoms with Gasteiger partial charge in [-0.25, -0.2) is 8.42 Å². The largest absolute Gasteiger partial charge is 0.339 e. The van der Waals surface area contributed by atoms with Gasteiger partial charge in [0.25, 0.3) is 0 Å². The van der Waals surface area contributed by atoms with Crippen LogP contribution in [0.25, 0.3) is 0 Å². The van der Waals surface area contributed by atoms with Crippen molar-refractivity contribution in [2.24, 2.45) is 0 Å². The van der Waals surface area contributed by atoms with Crippen molar-refractivity contribution in [3.63, 3.8) is 0 Å². The molecule has 7 heteroatoms. The van der Waals surface area contributed by atoms with Crippen LogP contribution in [0, 0.1) is 0 Å². The summed E-state index contributed by atoms with van der Waals surface area (Å²) in [7, 11) is -2.92. The molecular formula is C14H23N3O3S. The highest BCUT2D eigenvalue weighted by Gasteiger charge is 2.40. The van der Waals surface area contributed by atoms with Crippen LogP contribution in [0.4, 0.5) is 0 Å². The standard InChI is InChI=1S/C14H23N3O3S/c1-2-5-14(6-3-7-15-10-14)13-16-12(17-20-13)11-4-8-21(18,19)9-11/h11,15H,2-10H2,1H3. The Labute approximate surface area is 125 Å². The summed E-state index contributed by atoms with van der Waals surface area (Å²) < 4.78 is 28.7. The van der Waals surface area contributed by atoms with Gasteiger partial charge in [0.2, 0.25) is 5.89 Å². The molecule has 2 atom stereocenters. The van der Waals surface area contributed by atoms with E-state index in [1.807, 2.05) is 0 Å². The van der Waals surface area contributed by atoms with E-state index in [4.69, 9.17) is 4.52 Å². The Balaban J connectivity index is 1.83. The predicted octanol–water partition coefficient (Wildman–Crippen LogP) is 1.39. The fraction of sp³-hybridized carbons (Fsp3) is 0.857. The van der Waals surface area contributed by atoms with Crippen molar-refractivity contribution in [2.45, 2.75) is 50.4 Å². The lowest BCUT2D eigenvalue weighted by atomic mass is 9.77. The lowest BCUT2D eigenvalue weighted by Crippen LogP contribution is -2.43. The molecule has 0 aromatic carbocycles. The third-order valence-electron chi connectivity index (χ3n) is 4.69. The van der Waals surface area contributed by atoms with Crippen molar-refractivity contribution < 1.29 is 12.9 Å². The summed E-state index contributed by atoms with van der Waals surface area (Å²) >= 11 is 0. The normalized spacial score (nSPS) is 32.3. The van der Waals surface area contributed by atoms with Gasteiger partial charge >= 0.3 is 0 Å².